The second-order valence-electron chi connectivity index (χ2n) is 7.02. The van der Waals surface area contributed by atoms with Gasteiger partial charge < -0.3 is 5.32 Å². The van der Waals surface area contributed by atoms with Gasteiger partial charge in [-0.3, -0.25) is 14.8 Å². The third-order valence-electron chi connectivity index (χ3n) is 4.81. The maximum Gasteiger partial charge on any atom is 0.241 e. The van der Waals surface area contributed by atoms with Crippen LogP contribution < -0.4 is 5.32 Å². The maximum absolute atomic E-state index is 13.0. The fourth-order valence-electron chi connectivity index (χ4n) is 3.49. The second kappa shape index (κ2) is 8.15. The van der Waals surface area contributed by atoms with Gasteiger partial charge in [0.25, 0.3) is 0 Å². The van der Waals surface area contributed by atoms with E-state index in [4.69, 9.17) is 0 Å². The molecule has 2 aromatic heterocycles. The predicted octanol–water partition coefficient (Wildman–Crippen LogP) is 2.93. The van der Waals surface area contributed by atoms with E-state index in [0.717, 1.165) is 58.7 Å². The highest BCUT2D eigenvalue weighted by atomic mass is 32.1. The monoisotopic (exact) mass is 397 g/mol. The van der Waals surface area contributed by atoms with Gasteiger partial charge in [-0.1, -0.05) is 29.9 Å². The lowest BCUT2D eigenvalue weighted by molar-refractivity contribution is -0.122. The van der Waals surface area contributed by atoms with Crippen molar-refractivity contribution in [2.24, 2.45) is 0 Å². The summed E-state index contributed by atoms with van der Waals surface area (Å²) in [5, 5.41) is 20.2. The summed E-state index contributed by atoms with van der Waals surface area (Å²) in [6.07, 6.45) is 2.97. The molecule has 0 bridgehead atoms. The SMILES string of the molecule is Cc1nc(CN2CCCC[C@@H]2C(=O)Nc2cccc(-c3nnc(C)s3)c2)n[nH]1. The standard InChI is InChI=1S/C19H23N7OS/c1-12-20-17(24-22-12)11-26-9-4-3-8-16(26)18(27)21-15-7-5-6-14(10-15)19-25-23-13(2)28-19/h5-7,10,16H,3-4,8-9,11H2,1-2H3,(H,21,27)(H,20,22,24)/t16-/m1/s1. The number of carbonyl (C=O) groups is 1. The number of H-pyrrole nitrogens is 1. The molecule has 0 radical (unpaired) electrons. The molecule has 28 heavy (non-hydrogen) atoms. The Balaban J connectivity index is 1.47. The molecule has 0 unspecified atom stereocenters. The zero-order chi connectivity index (χ0) is 19.5. The molecule has 1 fully saturated rings. The number of nitrogens with one attached hydrogen (secondary N) is 2. The number of aryl methyl sites for hydroxylation is 2. The summed E-state index contributed by atoms with van der Waals surface area (Å²) >= 11 is 1.54. The molecule has 1 atom stereocenters. The Kier molecular flexibility index (Phi) is 5.45. The average Bonchev–Trinajstić information content (AvgIpc) is 3.30. The molecule has 3 aromatic rings. The number of anilines is 1. The van der Waals surface area contributed by atoms with Gasteiger partial charge in [0.15, 0.2) is 5.82 Å². The first-order valence-electron chi connectivity index (χ1n) is 9.42. The van der Waals surface area contributed by atoms with Gasteiger partial charge in [-0.05, 0) is 45.4 Å². The molecule has 3 heterocycles. The van der Waals surface area contributed by atoms with Crippen LogP contribution in [0, 0.1) is 13.8 Å². The van der Waals surface area contributed by atoms with Gasteiger partial charge in [0.05, 0.1) is 12.6 Å². The third-order valence-corrected chi connectivity index (χ3v) is 5.70. The molecule has 1 aromatic carbocycles. The number of nitrogens with zero attached hydrogens (tertiary/aromatic N) is 5. The van der Waals surface area contributed by atoms with Crippen LogP contribution in [-0.2, 0) is 11.3 Å². The van der Waals surface area contributed by atoms with Crippen molar-refractivity contribution in [2.75, 3.05) is 11.9 Å². The van der Waals surface area contributed by atoms with Crippen molar-refractivity contribution in [3.63, 3.8) is 0 Å². The third kappa shape index (κ3) is 4.26. The fourth-order valence-corrected chi connectivity index (χ4v) is 4.18. The van der Waals surface area contributed by atoms with E-state index >= 15 is 0 Å². The second-order valence-corrected chi connectivity index (χ2v) is 8.20. The summed E-state index contributed by atoms with van der Waals surface area (Å²) in [5.41, 5.74) is 1.73. The molecule has 0 saturated carbocycles. The molecular weight excluding hydrogens is 374 g/mol. The largest absolute Gasteiger partial charge is 0.325 e. The van der Waals surface area contributed by atoms with E-state index in [9.17, 15) is 4.79 Å². The van der Waals surface area contributed by atoms with Crippen molar-refractivity contribution < 1.29 is 4.79 Å². The first-order valence-corrected chi connectivity index (χ1v) is 10.2. The molecule has 1 amide bonds. The van der Waals surface area contributed by atoms with Crippen molar-refractivity contribution >= 4 is 22.9 Å². The summed E-state index contributed by atoms with van der Waals surface area (Å²) in [6.45, 7) is 5.26. The van der Waals surface area contributed by atoms with Gasteiger partial charge in [0.2, 0.25) is 5.91 Å². The first-order chi connectivity index (χ1) is 13.6. The van der Waals surface area contributed by atoms with Gasteiger partial charge in [-0.25, -0.2) is 4.98 Å². The lowest BCUT2D eigenvalue weighted by atomic mass is 10.0. The lowest BCUT2D eigenvalue weighted by Crippen LogP contribution is -2.46. The van der Waals surface area contributed by atoms with Crippen LogP contribution in [0.2, 0.25) is 0 Å². The van der Waals surface area contributed by atoms with E-state index in [1.165, 1.54) is 0 Å². The summed E-state index contributed by atoms with van der Waals surface area (Å²) in [6, 6.07) is 7.58. The molecule has 1 saturated heterocycles. The lowest BCUT2D eigenvalue weighted by Gasteiger charge is -2.33. The molecule has 2 N–H and O–H groups in total. The highest BCUT2D eigenvalue weighted by molar-refractivity contribution is 7.14. The van der Waals surface area contributed by atoms with Crippen LogP contribution in [0.4, 0.5) is 5.69 Å². The van der Waals surface area contributed by atoms with Gasteiger partial charge in [-0.15, -0.1) is 10.2 Å². The molecule has 0 spiro atoms. The number of benzene rings is 1. The molecule has 0 aliphatic carbocycles. The minimum Gasteiger partial charge on any atom is -0.325 e. The van der Waals surface area contributed by atoms with Crippen molar-refractivity contribution in [3.8, 4) is 10.6 Å². The Morgan fingerprint density at radius 1 is 1.32 bits per heavy atom. The van der Waals surface area contributed by atoms with Crippen LogP contribution in [0.3, 0.4) is 0 Å². The van der Waals surface area contributed by atoms with Crippen LogP contribution in [0.5, 0.6) is 0 Å². The van der Waals surface area contributed by atoms with Crippen molar-refractivity contribution in [2.45, 2.75) is 45.7 Å². The highest BCUT2D eigenvalue weighted by Gasteiger charge is 2.29. The number of piperidine rings is 1. The molecule has 8 nitrogen and oxygen atoms in total. The van der Waals surface area contributed by atoms with Gasteiger partial charge >= 0.3 is 0 Å². The molecule has 9 heteroatoms. The fraction of sp³-hybridized carbons (Fsp3) is 0.421. The number of hydrogen-bond donors (Lipinski definition) is 2. The summed E-state index contributed by atoms with van der Waals surface area (Å²) in [7, 11) is 0. The molecule has 4 rings (SSSR count). The molecule has 1 aliphatic heterocycles. The predicted molar refractivity (Wildman–Crippen MR) is 108 cm³/mol. The quantitative estimate of drug-likeness (QED) is 0.687. The van der Waals surface area contributed by atoms with E-state index in [1.54, 1.807) is 11.3 Å². The molecule has 1 aliphatic rings. The van der Waals surface area contributed by atoms with E-state index in [-0.39, 0.29) is 11.9 Å². The zero-order valence-corrected chi connectivity index (χ0v) is 16.8. The van der Waals surface area contributed by atoms with Gasteiger partial charge in [-0.2, -0.15) is 5.10 Å². The zero-order valence-electron chi connectivity index (χ0n) is 16.0. The topological polar surface area (TPSA) is 99.7 Å². The van der Waals surface area contributed by atoms with Crippen LogP contribution in [0.1, 0.15) is 35.9 Å². The Labute approximate surface area is 167 Å². The Morgan fingerprint density at radius 3 is 2.96 bits per heavy atom. The van der Waals surface area contributed by atoms with Crippen molar-refractivity contribution in [1.82, 2.24) is 30.3 Å². The number of rotatable bonds is 5. The normalized spacial score (nSPS) is 17.6. The van der Waals surface area contributed by atoms with Crippen LogP contribution >= 0.6 is 11.3 Å². The van der Waals surface area contributed by atoms with Crippen LogP contribution in [0.25, 0.3) is 10.6 Å². The van der Waals surface area contributed by atoms with E-state index in [0.29, 0.717) is 6.54 Å². The molecule has 146 valence electrons. The number of amides is 1. The van der Waals surface area contributed by atoms with Crippen LogP contribution in [-0.4, -0.2) is 48.8 Å². The summed E-state index contributed by atoms with van der Waals surface area (Å²) in [4.78, 5) is 19.5. The number of aromatic amines is 1. The highest BCUT2D eigenvalue weighted by Crippen LogP contribution is 2.26. The number of aromatic nitrogens is 5. The Hall–Kier alpha value is -2.65. The summed E-state index contributed by atoms with van der Waals surface area (Å²) < 4.78 is 0. The van der Waals surface area contributed by atoms with Gasteiger partial charge in [0.1, 0.15) is 15.8 Å². The number of hydrogen-bond acceptors (Lipinski definition) is 7. The van der Waals surface area contributed by atoms with E-state index < -0.39 is 0 Å². The Bertz CT molecular complexity index is 967. The minimum absolute atomic E-state index is 0.0116. The molecular formula is C19H23N7OS. The number of carbonyl (C=O) groups excluding carboxylic acids is 1. The summed E-state index contributed by atoms with van der Waals surface area (Å²) in [5.74, 6) is 1.53. The van der Waals surface area contributed by atoms with Gasteiger partial charge in [0, 0.05) is 11.3 Å². The van der Waals surface area contributed by atoms with E-state index in [1.807, 2.05) is 38.1 Å². The average molecular weight is 398 g/mol. The van der Waals surface area contributed by atoms with Crippen molar-refractivity contribution in [3.05, 3.63) is 40.9 Å². The van der Waals surface area contributed by atoms with Crippen molar-refractivity contribution in [1.29, 1.82) is 0 Å². The maximum atomic E-state index is 13.0. The smallest absolute Gasteiger partial charge is 0.241 e. The number of likely N-dealkylation sites (tertiary alicyclic amines) is 1. The van der Waals surface area contributed by atoms with E-state index in [2.05, 4.69) is 35.6 Å². The first kappa shape index (κ1) is 18.7. The van der Waals surface area contributed by atoms with Crippen LogP contribution in [0.15, 0.2) is 24.3 Å². The Morgan fingerprint density at radius 2 is 2.21 bits per heavy atom. The minimum atomic E-state index is -0.181.